The molecular weight excluding hydrogens is 296 g/mol. The molecule has 1 aromatic rings. The van der Waals surface area contributed by atoms with Gasteiger partial charge in [0.05, 0.1) is 4.47 Å². The van der Waals surface area contributed by atoms with Gasteiger partial charge in [0.15, 0.2) is 0 Å². The van der Waals surface area contributed by atoms with Crippen molar-refractivity contribution in [2.24, 2.45) is 5.92 Å². The van der Waals surface area contributed by atoms with Gasteiger partial charge in [-0.05, 0) is 35.2 Å². The van der Waals surface area contributed by atoms with Crippen LogP contribution in [0.4, 0.5) is 11.8 Å². The molecule has 0 aliphatic rings. The van der Waals surface area contributed by atoms with Crippen LogP contribution in [0.5, 0.6) is 0 Å². The second-order valence-corrected chi connectivity index (χ2v) is 4.94. The molecule has 5 nitrogen and oxygen atoms in total. The van der Waals surface area contributed by atoms with E-state index in [0.29, 0.717) is 11.9 Å². The fourth-order valence-corrected chi connectivity index (χ4v) is 1.94. The Kier molecular flexibility index (Phi) is 6.97. The predicted octanol–water partition coefficient (Wildman–Crippen LogP) is 2.49. The van der Waals surface area contributed by atoms with Crippen LogP contribution in [0, 0.1) is 5.92 Å². The van der Waals surface area contributed by atoms with E-state index >= 15 is 0 Å². The molecule has 1 unspecified atom stereocenters. The van der Waals surface area contributed by atoms with Gasteiger partial charge < -0.3 is 15.7 Å². The van der Waals surface area contributed by atoms with Crippen LogP contribution in [0.3, 0.4) is 0 Å². The summed E-state index contributed by atoms with van der Waals surface area (Å²) < 4.78 is 0.850. The third-order valence-corrected chi connectivity index (χ3v) is 3.33. The van der Waals surface area contributed by atoms with E-state index in [4.69, 9.17) is 5.11 Å². The summed E-state index contributed by atoms with van der Waals surface area (Å²) in [6.07, 6.45) is 3.59. The predicted molar refractivity (Wildman–Crippen MR) is 77.9 cm³/mol. The molecule has 0 spiro atoms. The van der Waals surface area contributed by atoms with E-state index in [2.05, 4.69) is 43.5 Å². The summed E-state index contributed by atoms with van der Waals surface area (Å²) in [6.45, 7) is 5.96. The quantitative estimate of drug-likeness (QED) is 0.687. The molecule has 0 fully saturated rings. The van der Waals surface area contributed by atoms with Crippen molar-refractivity contribution in [3.63, 3.8) is 0 Å². The molecule has 18 heavy (non-hydrogen) atoms. The molecule has 0 saturated carbocycles. The highest BCUT2D eigenvalue weighted by atomic mass is 79.9. The summed E-state index contributed by atoms with van der Waals surface area (Å²) in [5.74, 6) is 1.87. The van der Waals surface area contributed by atoms with Crippen LogP contribution in [-0.4, -0.2) is 34.8 Å². The highest BCUT2D eigenvalue weighted by molar-refractivity contribution is 9.10. The van der Waals surface area contributed by atoms with Gasteiger partial charge in [0.25, 0.3) is 0 Å². The molecule has 0 amide bonds. The molecule has 6 heteroatoms. The number of nitrogens with zero attached hydrogens (tertiary/aromatic N) is 2. The molecule has 0 aromatic carbocycles. The Morgan fingerprint density at radius 2 is 2.17 bits per heavy atom. The Balaban J connectivity index is 2.62. The fraction of sp³-hybridized carbons (Fsp3) is 0.667. The summed E-state index contributed by atoms with van der Waals surface area (Å²) in [4.78, 5) is 8.55. The van der Waals surface area contributed by atoms with Crippen molar-refractivity contribution in [2.45, 2.75) is 26.7 Å². The lowest BCUT2D eigenvalue weighted by Crippen LogP contribution is -2.16. The van der Waals surface area contributed by atoms with Crippen LogP contribution < -0.4 is 10.6 Å². The first kappa shape index (κ1) is 15.2. The van der Waals surface area contributed by atoms with Gasteiger partial charge in [-0.25, -0.2) is 4.98 Å². The SMILES string of the molecule is CCNc1ncc(Br)c(NCC(CC)CCO)n1. The lowest BCUT2D eigenvalue weighted by atomic mass is 10.0. The molecular formula is C12H21BrN4O. The highest BCUT2D eigenvalue weighted by Crippen LogP contribution is 2.21. The Hall–Kier alpha value is -0.880. The molecule has 3 N–H and O–H groups in total. The van der Waals surface area contributed by atoms with E-state index in [1.807, 2.05) is 6.92 Å². The van der Waals surface area contributed by atoms with Crippen LogP contribution in [0.15, 0.2) is 10.7 Å². The molecule has 1 aromatic heterocycles. The van der Waals surface area contributed by atoms with Crippen LogP contribution in [0.25, 0.3) is 0 Å². The summed E-state index contributed by atoms with van der Waals surface area (Å²) in [5.41, 5.74) is 0. The molecule has 0 aliphatic carbocycles. The van der Waals surface area contributed by atoms with Gasteiger partial charge in [-0.3, -0.25) is 0 Å². The molecule has 0 aliphatic heterocycles. The minimum Gasteiger partial charge on any atom is -0.396 e. The molecule has 0 radical (unpaired) electrons. The Bertz CT molecular complexity index is 362. The second-order valence-electron chi connectivity index (χ2n) is 4.09. The summed E-state index contributed by atoms with van der Waals surface area (Å²) >= 11 is 3.43. The van der Waals surface area contributed by atoms with Gasteiger partial charge >= 0.3 is 0 Å². The minimum atomic E-state index is 0.230. The fourth-order valence-electron chi connectivity index (χ4n) is 1.61. The lowest BCUT2D eigenvalue weighted by molar-refractivity contribution is 0.258. The Morgan fingerprint density at radius 1 is 1.39 bits per heavy atom. The maximum Gasteiger partial charge on any atom is 0.224 e. The summed E-state index contributed by atoms with van der Waals surface area (Å²) in [7, 11) is 0. The highest BCUT2D eigenvalue weighted by Gasteiger charge is 2.08. The average Bonchev–Trinajstić information content (AvgIpc) is 2.38. The zero-order chi connectivity index (χ0) is 13.4. The Labute approximate surface area is 117 Å². The molecule has 1 heterocycles. The second kappa shape index (κ2) is 8.26. The monoisotopic (exact) mass is 316 g/mol. The maximum absolute atomic E-state index is 8.96. The largest absolute Gasteiger partial charge is 0.396 e. The molecule has 102 valence electrons. The number of nitrogens with one attached hydrogen (secondary N) is 2. The molecule has 0 saturated heterocycles. The van der Waals surface area contributed by atoms with E-state index in [1.165, 1.54) is 0 Å². The average molecular weight is 317 g/mol. The van der Waals surface area contributed by atoms with Crippen LogP contribution in [0.2, 0.25) is 0 Å². The first-order chi connectivity index (χ1) is 8.71. The number of hydrogen-bond donors (Lipinski definition) is 3. The smallest absolute Gasteiger partial charge is 0.224 e. The number of anilines is 2. The van der Waals surface area contributed by atoms with Crippen molar-refractivity contribution in [2.75, 3.05) is 30.3 Å². The number of halogens is 1. The maximum atomic E-state index is 8.96. The molecule has 1 atom stereocenters. The van der Waals surface area contributed by atoms with E-state index in [-0.39, 0.29) is 6.61 Å². The van der Waals surface area contributed by atoms with Gasteiger partial charge in [0, 0.05) is 25.9 Å². The van der Waals surface area contributed by atoms with Crippen molar-refractivity contribution in [3.8, 4) is 0 Å². The minimum absolute atomic E-state index is 0.230. The lowest BCUT2D eigenvalue weighted by Gasteiger charge is -2.15. The number of aliphatic hydroxyl groups is 1. The van der Waals surface area contributed by atoms with Gasteiger partial charge in [0.2, 0.25) is 5.95 Å². The molecule has 1 rings (SSSR count). The van der Waals surface area contributed by atoms with Gasteiger partial charge in [-0.15, -0.1) is 0 Å². The van der Waals surface area contributed by atoms with Gasteiger partial charge in [-0.2, -0.15) is 4.98 Å². The van der Waals surface area contributed by atoms with Gasteiger partial charge in [-0.1, -0.05) is 13.3 Å². The van der Waals surface area contributed by atoms with E-state index in [0.717, 1.165) is 36.2 Å². The van der Waals surface area contributed by atoms with E-state index in [9.17, 15) is 0 Å². The third kappa shape index (κ3) is 4.78. The molecule has 0 bridgehead atoms. The third-order valence-electron chi connectivity index (χ3n) is 2.75. The van der Waals surface area contributed by atoms with Crippen molar-refractivity contribution in [1.82, 2.24) is 9.97 Å². The van der Waals surface area contributed by atoms with Crippen molar-refractivity contribution < 1.29 is 5.11 Å². The topological polar surface area (TPSA) is 70.1 Å². The van der Waals surface area contributed by atoms with E-state index < -0.39 is 0 Å². The normalized spacial score (nSPS) is 12.2. The standard InChI is InChI=1S/C12H21BrN4O/c1-3-9(5-6-18)7-15-11-10(13)8-16-12(17-11)14-4-2/h8-9,18H,3-7H2,1-2H3,(H2,14,15,16,17). The number of aromatic nitrogens is 2. The number of rotatable bonds is 8. The first-order valence-corrected chi connectivity index (χ1v) is 7.11. The van der Waals surface area contributed by atoms with Crippen molar-refractivity contribution in [3.05, 3.63) is 10.7 Å². The zero-order valence-corrected chi connectivity index (χ0v) is 12.5. The zero-order valence-electron chi connectivity index (χ0n) is 10.9. The summed E-state index contributed by atoms with van der Waals surface area (Å²) in [5, 5.41) is 15.3. The Morgan fingerprint density at radius 3 is 2.78 bits per heavy atom. The van der Waals surface area contributed by atoms with Crippen LogP contribution in [0.1, 0.15) is 26.7 Å². The van der Waals surface area contributed by atoms with Gasteiger partial charge in [0.1, 0.15) is 5.82 Å². The first-order valence-electron chi connectivity index (χ1n) is 6.32. The van der Waals surface area contributed by atoms with Crippen molar-refractivity contribution in [1.29, 1.82) is 0 Å². The van der Waals surface area contributed by atoms with Crippen molar-refractivity contribution >= 4 is 27.7 Å². The number of hydrogen-bond acceptors (Lipinski definition) is 5. The van der Waals surface area contributed by atoms with Crippen LogP contribution in [-0.2, 0) is 0 Å². The van der Waals surface area contributed by atoms with Crippen LogP contribution >= 0.6 is 15.9 Å². The van der Waals surface area contributed by atoms with E-state index in [1.54, 1.807) is 6.20 Å². The summed E-state index contributed by atoms with van der Waals surface area (Å²) in [6, 6.07) is 0. The number of aliphatic hydroxyl groups excluding tert-OH is 1.